The summed E-state index contributed by atoms with van der Waals surface area (Å²) < 4.78 is 23.6. The Bertz CT molecular complexity index is 1770. The third-order valence-electron chi connectivity index (χ3n) is 10.7. The average molecular weight is 690 g/mol. The molecule has 2 aromatic carbocycles. The van der Waals surface area contributed by atoms with Gasteiger partial charge in [0.05, 0.1) is 25.3 Å². The number of phenols is 1. The number of amides is 2. The summed E-state index contributed by atoms with van der Waals surface area (Å²) in [6.45, 7) is 9.11. The number of carbonyl (C=O) groups excluding carboxylic acids is 3. The van der Waals surface area contributed by atoms with E-state index in [0.29, 0.717) is 71.1 Å². The quantitative estimate of drug-likeness (QED) is 0.190. The van der Waals surface area contributed by atoms with Gasteiger partial charge in [-0.05, 0) is 51.8 Å². The van der Waals surface area contributed by atoms with Gasteiger partial charge in [0.2, 0.25) is 18.6 Å². The summed E-state index contributed by atoms with van der Waals surface area (Å²) in [7, 11) is 3.47. The van der Waals surface area contributed by atoms with Gasteiger partial charge in [0, 0.05) is 61.2 Å². The van der Waals surface area contributed by atoms with Crippen LogP contribution in [0.25, 0.3) is 0 Å². The number of hydrogen-bond donors (Lipinski definition) is 3. The fraction of sp³-hybridized carbons (Fsp3) is 0.568. The number of hydrogen-bond acceptors (Lipinski definition) is 11. The van der Waals surface area contributed by atoms with Gasteiger partial charge in [-0.15, -0.1) is 0 Å². The van der Waals surface area contributed by atoms with E-state index in [-0.39, 0.29) is 30.9 Å². The first kappa shape index (κ1) is 35.3. The van der Waals surface area contributed by atoms with Crippen molar-refractivity contribution >= 4 is 17.8 Å². The van der Waals surface area contributed by atoms with Gasteiger partial charge in [0.25, 0.3) is 0 Å². The lowest BCUT2D eigenvalue weighted by molar-refractivity contribution is -0.132. The molecule has 3 N–H and O–H groups in total. The van der Waals surface area contributed by atoms with E-state index < -0.39 is 35.7 Å². The smallest absolute Gasteiger partial charge is 0.308 e. The number of methoxy groups -OCH3 is 1. The molecular weight excluding hydrogens is 642 g/mol. The number of benzene rings is 2. The molecule has 2 aromatic rings. The van der Waals surface area contributed by atoms with E-state index in [4.69, 9.17) is 18.9 Å². The van der Waals surface area contributed by atoms with Crippen molar-refractivity contribution in [1.82, 2.24) is 20.4 Å². The highest BCUT2D eigenvalue weighted by atomic mass is 16.7. The summed E-state index contributed by atoms with van der Waals surface area (Å²) in [5.74, 6) is 0.662. The van der Waals surface area contributed by atoms with Gasteiger partial charge in [0.15, 0.2) is 23.0 Å². The van der Waals surface area contributed by atoms with Crippen LogP contribution in [0.2, 0.25) is 0 Å². The zero-order valence-electron chi connectivity index (χ0n) is 29.9. The van der Waals surface area contributed by atoms with Crippen molar-refractivity contribution < 1.29 is 38.4 Å². The number of carbonyl (C=O) groups is 3. The average Bonchev–Trinajstić information content (AvgIpc) is 3.47. The van der Waals surface area contributed by atoms with Crippen molar-refractivity contribution in [3.05, 3.63) is 39.4 Å². The van der Waals surface area contributed by atoms with Crippen LogP contribution in [0.4, 0.5) is 0 Å². The Morgan fingerprint density at radius 1 is 1.18 bits per heavy atom. The third kappa shape index (κ3) is 5.78. The summed E-state index contributed by atoms with van der Waals surface area (Å²) in [6.07, 6.45) is 3.66. The lowest BCUT2D eigenvalue weighted by Crippen LogP contribution is -2.69. The molecule has 5 heterocycles. The molecule has 1 fully saturated rings. The van der Waals surface area contributed by atoms with E-state index in [1.807, 2.05) is 27.0 Å². The molecule has 5 atom stereocenters. The SMILES string of the molecule is CCCCCC(=O)N[C@@H](C)C(=O)NC[C@H]1c2c(c(OC(C)=O)c(C)c3c2OCO3)CC2[C@H]3c4c(cc(C)c(OC)c4O)C[C@](C#N)(CN3C)N21. The molecule has 13 nitrogen and oxygen atoms in total. The maximum atomic E-state index is 13.6. The number of nitrogens with one attached hydrogen (secondary N) is 2. The first-order chi connectivity index (χ1) is 23.9. The van der Waals surface area contributed by atoms with E-state index in [2.05, 4.69) is 33.4 Å². The Kier molecular flexibility index (Phi) is 9.63. The van der Waals surface area contributed by atoms with Crippen molar-refractivity contribution in [2.45, 2.75) is 103 Å². The van der Waals surface area contributed by atoms with E-state index >= 15 is 0 Å². The molecular formula is C37H47N5O8. The summed E-state index contributed by atoms with van der Waals surface area (Å²) in [4.78, 5) is 43.0. The fourth-order valence-electron chi connectivity index (χ4n) is 8.70. The number of esters is 1. The van der Waals surface area contributed by atoms with E-state index in [1.54, 1.807) is 6.92 Å². The lowest BCUT2D eigenvalue weighted by atomic mass is 9.76. The fourth-order valence-corrected chi connectivity index (χ4v) is 8.70. The van der Waals surface area contributed by atoms with Gasteiger partial charge < -0.3 is 34.7 Å². The van der Waals surface area contributed by atoms with E-state index in [0.717, 1.165) is 30.4 Å². The van der Waals surface area contributed by atoms with Gasteiger partial charge in [-0.1, -0.05) is 25.8 Å². The van der Waals surface area contributed by atoms with Crippen molar-refractivity contribution in [3.63, 3.8) is 0 Å². The number of nitrogens with zero attached hydrogens (tertiary/aromatic N) is 3. The number of ether oxygens (including phenoxy) is 4. The molecule has 2 bridgehead atoms. The zero-order chi connectivity index (χ0) is 36.1. The first-order valence-corrected chi connectivity index (χ1v) is 17.4. The summed E-state index contributed by atoms with van der Waals surface area (Å²) in [5.41, 5.74) is 3.21. The number of unbranched alkanes of at least 4 members (excludes halogenated alkanes) is 2. The Labute approximate surface area is 292 Å². The first-order valence-electron chi connectivity index (χ1n) is 17.4. The van der Waals surface area contributed by atoms with Crippen LogP contribution < -0.4 is 29.6 Å². The normalized spacial score (nSPS) is 23.8. The van der Waals surface area contributed by atoms with Crippen molar-refractivity contribution in [3.8, 4) is 34.8 Å². The summed E-state index contributed by atoms with van der Waals surface area (Å²) in [6, 6.07) is 2.42. The van der Waals surface area contributed by atoms with Gasteiger partial charge in [0.1, 0.15) is 17.3 Å². The van der Waals surface area contributed by atoms with E-state index in [9.17, 15) is 24.8 Å². The minimum absolute atomic E-state index is 0.0381. The standard InChI is InChI=1S/C37H47N5O8/c1-8-9-10-11-27(44)40-21(4)36(46)39-15-26-29-24(33(50-22(5)43)20(3)34-35(29)49-18-48-34)13-25-30-28-23(12-19(2)32(47-7)31(28)45)14-37(16-38,42(25)26)17-41(30)6/h12,21,25-26,30,45H,8-11,13-15,17-18H2,1-7H3,(H,39,46)(H,40,44)/t21-,25?,26-,30-,37-/m0/s1. The largest absolute Gasteiger partial charge is 0.504 e. The van der Waals surface area contributed by atoms with Crippen molar-refractivity contribution in [1.29, 1.82) is 5.26 Å². The summed E-state index contributed by atoms with van der Waals surface area (Å²) >= 11 is 0. The number of phenolic OH excluding ortho intramolecular Hbond substituents is 1. The number of aryl methyl sites for hydroxylation is 1. The van der Waals surface area contributed by atoms with E-state index in [1.165, 1.54) is 14.0 Å². The van der Waals surface area contributed by atoms with Crippen LogP contribution in [0.1, 0.15) is 91.9 Å². The molecule has 0 radical (unpaired) electrons. The number of aromatic hydroxyl groups is 1. The molecule has 0 saturated carbocycles. The molecule has 0 spiro atoms. The van der Waals surface area contributed by atoms with Crippen LogP contribution >= 0.6 is 0 Å². The molecule has 1 unspecified atom stereocenters. The zero-order valence-corrected chi connectivity index (χ0v) is 29.9. The second-order valence-corrected chi connectivity index (χ2v) is 14.0. The van der Waals surface area contributed by atoms with Crippen molar-refractivity contribution in [2.75, 3.05) is 34.0 Å². The molecule has 268 valence electrons. The molecule has 0 aromatic heterocycles. The monoisotopic (exact) mass is 689 g/mol. The molecule has 13 heteroatoms. The maximum absolute atomic E-state index is 13.6. The molecule has 7 rings (SSSR count). The highest BCUT2D eigenvalue weighted by molar-refractivity contribution is 5.87. The second-order valence-electron chi connectivity index (χ2n) is 14.0. The van der Waals surface area contributed by atoms with Gasteiger partial charge >= 0.3 is 5.97 Å². The highest BCUT2D eigenvalue weighted by Crippen LogP contribution is 2.59. The Hall–Kier alpha value is -4.54. The van der Waals surface area contributed by atoms with Crippen LogP contribution in [0, 0.1) is 25.2 Å². The van der Waals surface area contributed by atoms with Crippen LogP contribution in [-0.4, -0.2) is 84.4 Å². The maximum Gasteiger partial charge on any atom is 0.308 e. The second kappa shape index (κ2) is 13.6. The molecule has 2 amide bonds. The number of likely N-dealkylation sites (N-methyl/N-ethyl adjacent to an activating group) is 1. The van der Waals surface area contributed by atoms with Gasteiger partial charge in [-0.25, -0.2) is 0 Å². The van der Waals surface area contributed by atoms with Crippen LogP contribution in [-0.2, 0) is 27.2 Å². The molecule has 0 aliphatic carbocycles. The topological polar surface area (TPSA) is 163 Å². The molecule has 5 aliphatic rings. The number of fused-ring (bicyclic) bond motifs is 4. The Morgan fingerprint density at radius 2 is 1.92 bits per heavy atom. The molecule has 50 heavy (non-hydrogen) atoms. The predicted molar refractivity (Wildman–Crippen MR) is 182 cm³/mol. The minimum atomic E-state index is -1.10. The Morgan fingerprint density at radius 3 is 2.60 bits per heavy atom. The molecule has 5 aliphatic heterocycles. The van der Waals surface area contributed by atoms with Crippen LogP contribution in [0.5, 0.6) is 28.7 Å². The van der Waals surface area contributed by atoms with Gasteiger partial charge in [-0.3, -0.25) is 24.2 Å². The number of nitriles is 1. The summed E-state index contributed by atoms with van der Waals surface area (Å²) in [5, 5.41) is 28.8. The molecule has 1 saturated heterocycles. The highest BCUT2D eigenvalue weighted by Gasteiger charge is 2.60. The van der Waals surface area contributed by atoms with Crippen LogP contribution in [0.15, 0.2) is 6.07 Å². The Balaban J connectivity index is 1.49. The predicted octanol–water partition coefficient (Wildman–Crippen LogP) is 3.65. The van der Waals surface area contributed by atoms with Crippen LogP contribution in [0.3, 0.4) is 0 Å². The third-order valence-corrected chi connectivity index (χ3v) is 10.7. The number of rotatable bonds is 10. The minimum Gasteiger partial charge on any atom is -0.504 e. The van der Waals surface area contributed by atoms with Crippen molar-refractivity contribution in [2.24, 2.45) is 0 Å². The van der Waals surface area contributed by atoms with Gasteiger partial charge in [-0.2, -0.15) is 5.26 Å². The number of piperazine rings is 1. The lowest BCUT2D eigenvalue weighted by Gasteiger charge is -2.58.